The Morgan fingerprint density at radius 3 is 2.67 bits per heavy atom. The summed E-state index contributed by atoms with van der Waals surface area (Å²) in [5, 5.41) is 3.04. The molecule has 0 radical (unpaired) electrons. The van der Waals surface area contributed by atoms with Gasteiger partial charge >= 0.3 is 5.97 Å². The quantitative estimate of drug-likeness (QED) is 0.765. The van der Waals surface area contributed by atoms with Crippen LogP contribution >= 0.6 is 0 Å². The molecule has 0 fully saturated rings. The van der Waals surface area contributed by atoms with Crippen LogP contribution in [0.15, 0.2) is 24.4 Å². The predicted molar refractivity (Wildman–Crippen MR) is 58.5 cm³/mol. The molecule has 4 nitrogen and oxygen atoms in total. The molecule has 1 aromatic rings. The van der Waals surface area contributed by atoms with E-state index in [1.807, 2.05) is 32.0 Å². The van der Waals surface area contributed by atoms with E-state index in [4.69, 9.17) is 4.74 Å². The molecule has 1 N–H and O–H groups in total. The average molecular weight is 208 g/mol. The zero-order chi connectivity index (χ0) is 11.3. The monoisotopic (exact) mass is 208 g/mol. The van der Waals surface area contributed by atoms with Gasteiger partial charge in [0.25, 0.3) is 0 Å². The number of methoxy groups -OCH3 is 1. The molecule has 1 aromatic heterocycles. The summed E-state index contributed by atoms with van der Waals surface area (Å²) in [5.41, 5.74) is 0. The SMILES string of the molecule is COC(=O)[C@@H](Nc1ccccn1)C(C)C. The minimum absolute atomic E-state index is 0.152. The van der Waals surface area contributed by atoms with Gasteiger partial charge in [-0.3, -0.25) is 0 Å². The van der Waals surface area contributed by atoms with Crippen LogP contribution in [0.2, 0.25) is 0 Å². The van der Waals surface area contributed by atoms with Gasteiger partial charge in [0.15, 0.2) is 0 Å². The maximum absolute atomic E-state index is 11.4. The van der Waals surface area contributed by atoms with Gasteiger partial charge in [-0.1, -0.05) is 19.9 Å². The van der Waals surface area contributed by atoms with Crippen molar-refractivity contribution in [1.82, 2.24) is 4.98 Å². The van der Waals surface area contributed by atoms with Crippen LogP contribution in [0.5, 0.6) is 0 Å². The Morgan fingerprint density at radius 2 is 2.20 bits per heavy atom. The molecule has 82 valence electrons. The fraction of sp³-hybridized carbons (Fsp3) is 0.455. The minimum Gasteiger partial charge on any atom is -0.467 e. The predicted octanol–water partition coefficient (Wildman–Crippen LogP) is 1.69. The Bertz CT molecular complexity index is 312. The van der Waals surface area contributed by atoms with E-state index < -0.39 is 0 Å². The molecule has 4 heteroatoms. The first-order valence-electron chi connectivity index (χ1n) is 4.90. The Kier molecular flexibility index (Phi) is 4.09. The Hall–Kier alpha value is -1.58. The summed E-state index contributed by atoms with van der Waals surface area (Å²) in [6.07, 6.45) is 1.68. The van der Waals surface area contributed by atoms with Crippen LogP contribution in [-0.4, -0.2) is 24.1 Å². The van der Waals surface area contributed by atoms with Gasteiger partial charge in [-0.05, 0) is 18.1 Å². The lowest BCUT2D eigenvalue weighted by Crippen LogP contribution is -2.35. The third-order valence-corrected chi connectivity index (χ3v) is 2.09. The van der Waals surface area contributed by atoms with Crippen LogP contribution < -0.4 is 5.32 Å². The molecule has 15 heavy (non-hydrogen) atoms. The molecule has 1 atom stereocenters. The zero-order valence-corrected chi connectivity index (χ0v) is 9.23. The second-order valence-corrected chi connectivity index (χ2v) is 3.60. The second-order valence-electron chi connectivity index (χ2n) is 3.60. The average Bonchev–Trinajstić information content (AvgIpc) is 2.26. The number of rotatable bonds is 4. The molecule has 0 aliphatic rings. The summed E-state index contributed by atoms with van der Waals surface area (Å²) in [5.74, 6) is 0.566. The number of nitrogens with one attached hydrogen (secondary N) is 1. The van der Waals surface area contributed by atoms with Crippen molar-refractivity contribution in [2.24, 2.45) is 5.92 Å². The van der Waals surface area contributed by atoms with Gasteiger partial charge in [-0.2, -0.15) is 0 Å². The number of anilines is 1. The molecule has 0 amide bonds. The van der Waals surface area contributed by atoms with Crippen molar-refractivity contribution < 1.29 is 9.53 Å². The number of carbonyl (C=O) groups is 1. The summed E-state index contributed by atoms with van der Waals surface area (Å²) < 4.78 is 4.72. The van der Waals surface area contributed by atoms with E-state index in [1.165, 1.54) is 7.11 Å². The summed E-state index contributed by atoms with van der Waals surface area (Å²) >= 11 is 0. The van der Waals surface area contributed by atoms with Crippen LogP contribution in [0.1, 0.15) is 13.8 Å². The zero-order valence-electron chi connectivity index (χ0n) is 9.23. The van der Waals surface area contributed by atoms with Gasteiger partial charge in [0.05, 0.1) is 7.11 Å². The number of ether oxygens (including phenoxy) is 1. The van der Waals surface area contributed by atoms with E-state index in [0.717, 1.165) is 0 Å². The lowest BCUT2D eigenvalue weighted by atomic mass is 10.0. The molecular weight excluding hydrogens is 192 g/mol. The number of esters is 1. The molecule has 0 saturated carbocycles. The van der Waals surface area contributed by atoms with Crippen molar-refractivity contribution in [3.63, 3.8) is 0 Å². The molecule has 0 unspecified atom stereocenters. The van der Waals surface area contributed by atoms with Crippen molar-refractivity contribution in [1.29, 1.82) is 0 Å². The van der Waals surface area contributed by atoms with Gasteiger partial charge < -0.3 is 10.1 Å². The molecule has 0 aliphatic heterocycles. The molecule has 0 spiro atoms. The van der Waals surface area contributed by atoms with Crippen LogP contribution in [-0.2, 0) is 9.53 Å². The largest absolute Gasteiger partial charge is 0.467 e. The smallest absolute Gasteiger partial charge is 0.328 e. The van der Waals surface area contributed by atoms with E-state index >= 15 is 0 Å². The lowest BCUT2D eigenvalue weighted by molar-refractivity contribution is -0.142. The summed E-state index contributed by atoms with van der Waals surface area (Å²) in [4.78, 5) is 15.5. The van der Waals surface area contributed by atoms with Crippen LogP contribution in [0.25, 0.3) is 0 Å². The highest BCUT2D eigenvalue weighted by Crippen LogP contribution is 2.10. The molecule has 0 aliphatic carbocycles. The van der Waals surface area contributed by atoms with Gasteiger partial charge in [0.2, 0.25) is 0 Å². The van der Waals surface area contributed by atoms with Gasteiger partial charge in [0, 0.05) is 6.20 Å². The highest BCUT2D eigenvalue weighted by molar-refractivity contribution is 5.79. The van der Waals surface area contributed by atoms with Crippen molar-refractivity contribution in [2.45, 2.75) is 19.9 Å². The minimum atomic E-state index is -0.357. The Morgan fingerprint density at radius 1 is 1.47 bits per heavy atom. The van der Waals surface area contributed by atoms with Crippen molar-refractivity contribution >= 4 is 11.8 Å². The Labute approximate surface area is 89.7 Å². The molecular formula is C11H16N2O2. The van der Waals surface area contributed by atoms with Gasteiger partial charge in [-0.25, -0.2) is 9.78 Å². The third-order valence-electron chi connectivity index (χ3n) is 2.09. The van der Waals surface area contributed by atoms with Crippen LogP contribution in [0.3, 0.4) is 0 Å². The Balaban J connectivity index is 2.72. The molecule has 0 bridgehead atoms. The number of hydrogen-bond acceptors (Lipinski definition) is 4. The van der Waals surface area contributed by atoms with Crippen molar-refractivity contribution in [3.05, 3.63) is 24.4 Å². The number of carbonyl (C=O) groups excluding carboxylic acids is 1. The fourth-order valence-corrected chi connectivity index (χ4v) is 1.23. The normalized spacial score (nSPS) is 12.3. The molecule has 1 rings (SSSR count). The van der Waals surface area contributed by atoms with Crippen molar-refractivity contribution in [3.8, 4) is 0 Å². The number of aromatic nitrogens is 1. The third kappa shape index (κ3) is 3.23. The van der Waals surface area contributed by atoms with E-state index in [9.17, 15) is 4.79 Å². The molecule has 1 heterocycles. The topological polar surface area (TPSA) is 51.2 Å². The highest BCUT2D eigenvalue weighted by Gasteiger charge is 2.22. The first kappa shape index (κ1) is 11.5. The number of pyridine rings is 1. The van der Waals surface area contributed by atoms with Crippen LogP contribution in [0.4, 0.5) is 5.82 Å². The summed E-state index contributed by atoms with van der Waals surface area (Å²) in [6.45, 7) is 3.91. The highest BCUT2D eigenvalue weighted by atomic mass is 16.5. The van der Waals surface area contributed by atoms with Gasteiger partial charge in [0.1, 0.15) is 11.9 Å². The van der Waals surface area contributed by atoms with E-state index in [0.29, 0.717) is 5.82 Å². The van der Waals surface area contributed by atoms with E-state index in [-0.39, 0.29) is 17.9 Å². The van der Waals surface area contributed by atoms with Crippen LogP contribution in [0, 0.1) is 5.92 Å². The molecule has 0 aromatic carbocycles. The number of hydrogen-bond donors (Lipinski definition) is 1. The van der Waals surface area contributed by atoms with E-state index in [2.05, 4.69) is 10.3 Å². The standard InChI is InChI=1S/C11H16N2O2/c1-8(2)10(11(14)15-3)13-9-6-4-5-7-12-9/h4-8,10H,1-3H3,(H,12,13)/t10-/m0/s1. The van der Waals surface area contributed by atoms with Crippen molar-refractivity contribution in [2.75, 3.05) is 12.4 Å². The fourth-order valence-electron chi connectivity index (χ4n) is 1.23. The summed E-state index contributed by atoms with van der Waals surface area (Å²) in [6, 6.07) is 5.15. The maximum Gasteiger partial charge on any atom is 0.328 e. The first-order valence-corrected chi connectivity index (χ1v) is 4.90. The molecule has 0 saturated heterocycles. The van der Waals surface area contributed by atoms with E-state index in [1.54, 1.807) is 6.20 Å². The maximum atomic E-state index is 11.4. The first-order chi connectivity index (χ1) is 7.15. The number of nitrogens with zero attached hydrogens (tertiary/aromatic N) is 1. The lowest BCUT2D eigenvalue weighted by Gasteiger charge is -2.20. The van der Waals surface area contributed by atoms with Gasteiger partial charge in [-0.15, -0.1) is 0 Å². The second kappa shape index (κ2) is 5.34. The summed E-state index contributed by atoms with van der Waals surface area (Å²) in [7, 11) is 1.39.